The number of rotatable bonds is 6. The van der Waals surface area contributed by atoms with E-state index in [1.807, 2.05) is 18.2 Å². The molecule has 2 amide bonds. The summed E-state index contributed by atoms with van der Waals surface area (Å²) in [5.74, 6) is -0.176. The second-order valence-corrected chi connectivity index (χ2v) is 9.56. The number of aromatic nitrogens is 2. The molecule has 9 heteroatoms. The molecular formula is C27H21FIN5O2. The van der Waals surface area contributed by atoms with Crippen molar-refractivity contribution < 1.29 is 14.0 Å². The van der Waals surface area contributed by atoms with Crippen LogP contribution in [0.3, 0.4) is 0 Å². The largest absolute Gasteiger partial charge is 0.352 e. The Morgan fingerprint density at radius 2 is 1.83 bits per heavy atom. The highest BCUT2D eigenvalue weighted by Gasteiger charge is 2.21. The first kappa shape index (κ1) is 23.9. The molecule has 3 aromatic carbocycles. The summed E-state index contributed by atoms with van der Waals surface area (Å²) >= 11 is 2.21. The van der Waals surface area contributed by atoms with Crippen molar-refractivity contribution in [3.05, 3.63) is 99.0 Å². The van der Waals surface area contributed by atoms with Crippen molar-refractivity contribution in [1.29, 1.82) is 0 Å². The molecule has 0 atom stereocenters. The minimum Gasteiger partial charge on any atom is -0.352 e. The molecule has 180 valence electrons. The van der Waals surface area contributed by atoms with Crippen LogP contribution in [0, 0.1) is 9.39 Å². The molecule has 0 saturated carbocycles. The Morgan fingerprint density at radius 1 is 1.06 bits per heavy atom. The average Bonchev–Trinajstić information content (AvgIpc) is 3.00. The highest BCUT2D eigenvalue weighted by atomic mass is 127. The first-order valence-corrected chi connectivity index (χ1v) is 12.4. The van der Waals surface area contributed by atoms with E-state index in [0.717, 1.165) is 31.6 Å². The zero-order valence-corrected chi connectivity index (χ0v) is 21.2. The number of nitrogens with zero attached hydrogens (tertiary/aromatic N) is 2. The molecular weight excluding hydrogens is 572 g/mol. The molecule has 0 unspecified atom stereocenters. The van der Waals surface area contributed by atoms with Crippen molar-refractivity contribution in [2.75, 3.05) is 17.2 Å². The molecule has 0 radical (unpaired) electrons. The summed E-state index contributed by atoms with van der Waals surface area (Å²) in [6.45, 7) is 0.450. The molecule has 7 nitrogen and oxygen atoms in total. The lowest BCUT2D eigenvalue weighted by Gasteiger charge is -2.11. The molecule has 0 bridgehead atoms. The topological polar surface area (TPSA) is 96.0 Å². The van der Waals surface area contributed by atoms with Gasteiger partial charge in [0.1, 0.15) is 5.82 Å². The molecule has 3 N–H and O–H groups in total. The standard InChI is InChI=1S/C27H21FIN5O2/c28-19-5-1-16(2-6-19)11-12-30-26(36)17-3-8-21(9-4-17)32-27-31-15-18-13-24(35)33-23-14-20(29)7-10-22(23)25(18)34-27/h1-10,14-15H,11-13H2,(H,30,36)(H,33,35)(H,31,32,34). The van der Waals surface area contributed by atoms with Gasteiger partial charge in [0.15, 0.2) is 0 Å². The molecule has 0 fully saturated rings. The van der Waals surface area contributed by atoms with Crippen molar-refractivity contribution in [1.82, 2.24) is 15.3 Å². The van der Waals surface area contributed by atoms with E-state index in [0.29, 0.717) is 30.2 Å². The van der Waals surface area contributed by atoms with Gasteiger partial charge in [-0.2, -0.15) is 0 Å². The Morgan fingerprint density at radius 3 is 2.61 bits per heavy atom. The smallest absolute Gasteiger partial charge is 0.251 e. The molecule has 2 heterocycles. The van der Waals surface area contributed by atoms with Crippen LogP contribution < -0.4 is 16.0 Å². The number of hydrogen-bond acceptors (Lipinski definition) is 5. The van der Waals surface area contributed by atoms with Crippen LogP contribution in [0.2, 0.25) is 0 Å². The number of carbonyl (C=O) groups excluding carboxylic acids is 2. The van der Waals surface area contributed by atoms with E-state index in [9.17, 15) is 14.0 Å². The van der Waals surface area contributed by atoms with Crippen LogP contribution in [-0.2, 0) is 17.6 Å². The molecule has 36 heavy (non-hydrogen) atoms. The Bertz CT molecular complexity index is 1440. The molecule has 1 aromatic heterocycles. The Kier molecular flexibility index (Phi) is 6.90. The van der Waals surface area contributed by atoms with Gasteiger partial charge in [0.2, 0.25) is 11.9 Å². The third-order valence-electron chi connectivity index (χ3n) is 5.74. The molecule has 1 aliphatic heterocycles. The zero-order chi connectivity index (χ0) is 25.1. The number of hydrogen-bond donors (Lipinski definition) is 3. The van der Waals surface area contributed by atoms with Crippen LogP contribution in [0.4, 0.5) is 21.7 Å². The van der Waals surface area contributed by atoms with Crippen LogP contribution in [0.15, 0.2) is 72.9 Å². The number of anilines is 3. The van der Waals surface area contributed by atoms with Crippen LogP contribution in [-0.4, -0.2) is 28.3 Å². The van der Waals surface area contributed by atoms with Gasteiger partial charge in [0.05, 0.1) is 17.8 Å². The van der Waals surface area contributed by atoms with E-state index in [2.05, 4.69) is 48.5 Å². The summed E-state index contributed by atoms with van der Waals surface area (Å²) in [6.07, 6.45) is 2.48. The lowest BCUT2D eigenvalue weighted by molar-refractivity contribution is -0.115. The van der Waals surface area contributed by atoms with Gasteiger partial charge < -0.3 is 16.0 Å². The molecule has 1 aliphatic rings. The first-order valence-electron chi connectivity index (χ1n) is 11.3. The third-order valence-corrected chi connectivity index (χ3v) is 6.41. The van der Waals surface area contributed by atoms with Gasteiger partial charge in [0, 0.05) is 38.7 Å². The second kappa shape index (κ2) is 10.4. The quantitative estimate of drug-likeness (QED) is 0.271. The molecule has 0 spiro atoms. The summed E-state index contributed by atoms with van der Waals surface area (Å²) in [4.78, 5) is 33.8. The monoisotopic (exact) mass is 593 g/mol. The van der Waals surface area contributed by atoms with E-state index in [1.54, 1.807) is 42.6 Å². The van der Waals surface area contributed by atoms with Crippen molar-refractivity contribution in [3.8, 4) is 11.3 Å². The Labute approximate surface area is 220 Å². The normalized spacial score (nSPS) is 12.1. The Hall–Kier alpha value is -3.86. The second-order valence-electron chi connectivity index (χ2n) is 8.32. The lowest BCUT2D eigenvalue weighted by atomic mass is 10.1. The summed E-state index contributed by atoms with van der Waals surface area (Å²) in [7, 11) is 0. The summed E-state index contributed by atoms with van der Waals surface area (Å²) in [6, 6.07) is 19.1. The number of amides is 2. The van der Waals surface area contributed by atoms with Gasteiger partial charge in [-0.3, -0.25) is 9.59 Å². The number of nitrogens with one attached hydrogen (secondary N) is 3. The van der Waals surface area contributed by atoms with Crippen LogP contribution in [0.5, 0.6) is 0 Å². The van der Waals surface area contributed by atoms with Gasteiger partial charge in [-0.1, -0.05) is 12.1 Å². The number of benzene rings is 3. The van der Waals surface area contributed by atoms with Gasteiger partial charge in [-0.25, -0.2) is 14.4 Å². The highest BCUT2D eigenvalue weighted by Crippen LogP contribution is 2.34. The molecule has 0 saturated heterocycles. The summed E-state index contributed by atoms with van der Waals surface area (Å²) in [5.41, 5.74) is 5.23. The number of carbonyl (C=O) groups is 2. The van der Waals surface area contributed by atoms with Gasteiger partial charge in [-0.05, 0) is 89.2 Å². The zero-order valence-electron chi connectivity index (χ0n) is 19.0. The molecule has 5 rings (SSSR count). The van der Waals surface area contributed by atoms with Crippen LogP contribution in [0.1, 0.15) is 21.5 Å². The van der Waals surface area contributed by atoms with E-state index in [1.165, 1.54) is 12.1 Å². The average molecular weight is 593 g/mol. The van der Waals surface area contributed by atoms with Gasteiger partial charge in [0.25, 0.3) is 5.91 Å². The summed E-state index contributed by atoms with van der Waals surface area (Å²) < 4.78 is 14.0. The minimum absolute atomic E-state index is 0.104. The predicted molar refractivity (Wildman–Crippen MR) is 145 cm³/mol. The SMILES string of the molecule is O=C1Cc2cnc(Nc3ccc(C(=O)NCCc4ccc(F)cc4)cc3)nc2-c2ccc(I)cc2N1. The van der Waals surface area contributed by atoms with Crippen molar-refractivity contribution in [3.63, 3.8) is 0 Å². The van der Waals surface area contributed by atoms with Crippen LogP contribution in [0.25, 0.3) is 11.3 Å². The fraction of sp³-hybridized carbons (Fsp3) is 0.111. The fourth-order valence-electron chi connectivity index (χ4n) is 3.93. The van der Waals surface area contributed by atoms with E-state index < -0.39 is 0 Å². The molecule has 4 aromatic rings. The third kappa shape index (κ3) is 5.51. The summed E-state index contributed by atoms with van der Waals surface area (Å²) in [5, 5.41) is 8.99. The maximum Gasteiger partial charge on any atom is 0.251 e. The van der Waals surface area contributed by atoms with Crippen molar-refractivity contribution in [2.45, 2.75) is 12.8 Å². The lowest BCUT2D eigenvalue weighted by Crippen LogP contribution is -2.25. The van der Waals surface area contributed by atoms with Crippen LogP contribution >= 0.6 is 22.6 Å². The van der Waals surface area contributed by atoms with E-state index >= 15 is 0 Å². The van der Waals surface area contributed by atoms with Gasteiger partial charge >= 0.3 is 0 Å². The fourth-order valence-corrected chi connectivity index (χ4v) is 4.42. The number of halogens is 2. The maximum atomic E-state index is 13.0. The number of fused-ring (bicyclic) bond motifs is 3. The highest BCUT2D eigenvalue weighted by molar-refractivity contribution is 14.1. The van der Waals surface area contributed by atoms with Gasteiger partial charge in [-0.15, -0.1) is 0 Å². The maximum absolute atomic E-state index is 13.0. The Balaban J connectivity index is 1.26. The predicted octanol–water partition coefficient (Wildman–Crippen LogP) is 5.10. The van der Waals surface area contributed by atoms with Crippen molar-refractivity contribution >= 4 is 51.7 Å². The van der Waals surface area contributed by atoms with E-state index in [4.69, 9.17) is 0 Å². The van der Waals surface area contributed by atoms with Crippen molar-refractivity contribution in [2.24, 2.45) is 0 Å². The first-order chi connectivity index (χ1) is 17.4. The molecule has 0 aliphatic carbocycles. The van der Waals surface area contributed by atoms with E-state index in [-0.39, 0.29) is 24.1 Å². The minimum atomic E-state index is -0.278.